The highest BCUT2D eigenvalue weighted by molar-refractivity contribution is 7.18. The van der Waals surface area contributed by atoms with Crippen LogP contribution < -0.4 is 5.32 Å². The minimum absolute atomic E-state index is 0.0143. The molecule has 1 aromatic carbocycles. The van der Waals surface area contributed by atoms with E-state index in [9.17, 15) is 0 Å². The van der Waals surface area contributed by atoms with E-state index in [4.69, 9.17) is 28.2 Å². The summed E-state index contributed by atoms with van der Waals surface area (Å²) >= 11 is 14.0. The van der Waals surface area contributed by atoms with E-state index >= 15 is 0 Å². The normalized spacial score (nSPS) is 13.0. The first kappa shape index (κ1) is 17.5. The van der Waals surface area contributed by atoms with Crippen LogP contribution in [0.3, 0.4) is 0 Å². The number of thiazole rings is 1. The lowest BCUT2D eigenvalue weighted by molar-refractivity contribution is 0.834. The molecule has 0 saturated heterocycles. The van der Waals surface area contributed by atoms with Crippen molar-refractivity contribution < 1.29 is 0 Å². The maximum atomic E-state index is 6.25. The summed E-state index contributed by atoms with van der Waals surface area (Å²) in [5, 5.41) is 10.0. The van der Waals surface area contributed by atoms with Crippen molar-refractivity contribution in [3.05, 3.63) is 51.2 Å². The molecule has 0 fully saturated rings. The monoisotopic (exact) mass is 405 g/mol. The molecule has 1 atom stereocenters. The highest BCUT2D eigenvalue weighted by atomic mass is 35.5. The van der Waals surface area contributed by atoms with Crippen LogP contribution in [0.4, 0.5) is 5.82 Å². The fourth-order valence-electron chi connectivity index (χ4n) is 2.85. The molecule has 0 aliphatic rings. The van der Waals surface area contributed by atoms with Gasteiger partial charge in [-0.3, -0.25) is 0 Å². The number of anilines is 1. The van der Waals surface area contributed by atoms with Crippen LogP contribution in [0.5, 0.6) is 0 Å². The van der Waals surface area contributed by atoms with Gasteiger partial charge in [-0.05, 0) is 31.0 Å². The van der Waals surface area contributed by atoms with Gasteiger partial charge in [0, 0.05) is 16.7 Å². The van der Waals surface area contributed by atoms with Gasteiger partial charge in [-0.2, -0.15) is 9.61 Å². The number of rotatable bonds is 4. The first-order valence-electron chi connectivity index (χ1n) is 8.29. The van der Waals surface area contributed by atoms with Gasteiger partial charge >= 0.3 is 0 Å². The molecule has 3 heterocycles. The topological polar surface area (TPSA) is 55.1 Å². The summed E-state index contributed by atoms with van der Waals surface area (Å²) < 4.78 is 2.90. The molecule has 0 saturated carbocycles. The van der Waals surface area contributed by atoms with Crippen LogP contribution in [0.2, 0.25) is 10.2 Å². The molecular weight excluding hydrogens is 389 g/mol. The van der Waals surface area contributed by atoms with E-state index < -0.39 is 0 Å². The molecule has 5 nitrogen and oxygen atoms in total. The number of benzene rings is 1. The zero-order chi connectivity index (χ0) is 18.4. The van der Waals surface area contributed by atoms with Crippen LogP contribution in [0.25, 0.3) is 15.9 Å². The number of aromatic nitrogens is 4. The van der Waals surface area contributed by atoms with E-state index in [1.807, 2.05) is 24.4 Å². The first-order valence-corrected chi connectivity index (χ1v) is 9.86. The number of halogens is 2. The molecule has 1 N–H and O–H groups in total. The number of nitrogens with one attached hydrogen (secondary N) is 1. The van der Waals surface area contributed by atoms with E-state index in [0.717, 1.165) is 32.3 Å². The zero-order valence-electron chi connectivity index (χ0n) is 14.5. The number of hydrogen-bond donors (Lipinski definition) is 1. The second-order valence-electron chi connectivity index (χ2n) is 6.48. The molecule has 0 spiro atoms. The minimum atomic E-state index is -0.0143. The fraction of sp³-hybridized carbons (Fsp3) is 0.278. The van der Waals surface area contributed by atoms with Gasteiger partial charge in [-0.15, -0.1) is 11.3 Å². The summed E-state index contributed by atoms with van der Waals surface area (Å²) in [5.74, 6) is 1.11. The van der Waals surface area contributed by atoms with Crippen LogP contribution in [0.15, 0.2) is 30.5 Å². The van der Waals surface area contributed by atoms with Crippen LogP contribution in [0.1, 0.15) is 43.3 Å². The molecule has 134 valence electrons. The predicted molar refractivity (Wildman–Crippen MR) is 109 cm³/mol. The standard InChI is InChI=1S/C18H17Cl2N5S/c1-9(2)12-8-21-25-16(7-15(20)24-17(12)25)22-10(3)18-23-13-6-11(19)4-5-14(13)26-18/h4-10,22H,1-3H3/t10-/m0/s1. The average molecular weight is 406 g/mol. The Balaban J connectivity index is 1.71. The molecule has 0 unspecified atom stereocenters. The summed E-state index contributed by atoms with van der Waals surface area (Å²) in [6, 6.07) is 7.53. The van der Waals surface area contributed by atoms with Crippen molar-refractivity contribution in [2.24, 2.45) is 0 Å². The summed E-state index contributed by atoms with van der Waals surface area (Å²) in [5.41, 5.74) is 2.75. The van der Waals surface area contributed by atoms with Gasteiger partial charge in [0.15, 0.2) is 5.65 Å². The first-order chi connectivity index (χ1) is 12.4. The van der Waals surface area contributed by atoms with Gasteiger partial charge in [0.1, 0.15) is 16.0 Å². The summed E-state index contributed by atoms with van der Waals surface area (Å²) in [6.45, 7) is 6.29. The maximum absolute atomic E-state index is 6.25. The molecule has 3 aromatic heterocycles. The predicted octanol–water partition coefficient (Wildman–Crippen LogP) is 5.94. The van der Waals surface area contributed by atoms with Gasteiger partial charge in [-0.25, -0.2) is 9.97 Å². The lowest BCUT2D eigenvalue weighted by Gasteiger charge is -2.14. The van der Waals surface area contributed by atoms with E-state index in [0.29, 0.717) is 16.1 Å². The highest BCUT2D eigenvalue weighted by Gasteiger charge is 2.17. The molecule has 4 aromatic rings. The van der Waals surface area contributed by atoms with Crippen LogP contribution in [-0.4, -0.2) is 19.6 Å². The Bertz CT molecular complexity index is 1100. The second kappa shape index (κ2) is 6.68. The van der Waals surface area contributed by atoms with Crippen LogP contribution in [-0.2, 0) is 0 Å². The third kappa shape index (κ3) is 3.13. The van der Waals surface area contributed by atoms with E-state index in [1.165, 1.54) is 0 Å². The minimum Gasteiger partial charge on any atom is -0.361 e. The third-order valence-electron chi connectivity index (χ3n) is 4.19. The molecule has 8 heteroatoms. The Morgan fingerprint density at radius 1 is 1.12 bits per heavy atom. The van der Waals surface area contributed by atoms with Crippen LogP contribution in [0, 0.1) is 0 Å². The average Bonchev–Trinajstić information content (AvgIpc) is 3.18. The Morgan fingerprint density at radius 2 is 1.92 bits per heavy atom. The number of nitrogens with zero attached hydrogens (tertiary/aromatic N) is 4. The molecule has 4 rings (SSSR count). The van der Waals surface area contributed by atoms with Gasteiger partial charge < -0.3 is 5.32 Å². The zero-order valence-corrected chi connectivity index (χ0v) is 16.8. The van der Waals surface area contributed by atoms with Gasteiger partial charge in [0.2, 0.25) is 0 Å². The van der Waals surface area contributed by atoms with Gasteiger partial charge in [0.05, 0.1) is 22.5 Å². The van der Waals surface area contributed by atoms with E-state index in [-0.39, 0.29) is 6.04 Å². The number of fused-ring (bicyclic) bond motifs is 2. The van der Waals surface area contributed by atoms with Gasteiger partial charge in [-0.1, -0.05) is 37.0 Å². The second-order valence-corrected chi connectivity index (χ2v) is 8.37. The lowest BCUT2D eigenvalue weighted by atomic mass is 10.1. The summed E-state index contributed by atoms with van der Waals surface area (Å²) in [6.07, 6.45) is 1.85. The SMILES string of the molecule is CC(C)c1cnn2c(N[C@@H](C)c3nc4cc(Cl)ccc4s3)cc(Cl)nc12. The molecule has 26 heavy (non-hydrogen) atoms. The third-order valence-corrected chi connectivity index (χ3v) is 5.84. The Labute approximate surface area is 165 Å². The van der Waals surface area contributed by atoms with Crippen molar-refractivity contribution in [1.82, 2.24) is 19.6 Å². The maximum Gasteiger partial charge on any atom is 0.162 e. The Hall–Kier alpha value is -1.89. The van der Waals surface area contributed by atoms with Crippen molar-refractivity contribution in [3.8, 4) is 0 Å². The Morgan fingerprint density at radius 3 is 2.69 bits per heavy atom. The lowest BCUT2D eigenvalue weighted by Crippen LogP contribution is -2.11. The van der Waals surface area contributed by atoms with Crippen LogP contribution >= 0.6 is 34.5 Å². The molecule has 0 aliphatic carbocycles. The summed E-state index contributed by atoms with van der Waals surface area (Å²) in [7, 11) is 0. The van der Waals surface area contributed by atoms with E-state index in [1.54, 1.807) is 21.9 Å². The van der Waals surface area contributed by atoms with Crippen molar-refractivity contribution in [1.29, 1.82) is 0 Å². The highest BCUT2D eigenvalue weighted by Crippen LogP contribution is 2.31. The van der Waals surface area contributed by atoms with Gasteiger partial charge in [0.25, 0.3) is 0 Å². The van der Waals surface area contributed by atoms with E-state index in [2.05, 4.69) is 36.2 Å². The van der Waals surface area contributed by atoms with Crippen molar-refractivity contribution in [3.63, 3.8) is 0 Å². The van der Waals surface area contributed by atoms with Crippen molar-refractivity contribution >= 4 is 56.2 Å². The van der Waals surface area contributed by atoms with Crippen molar-refractivity contribution in [2.75, 3.05) is 5.32 Å². The largest absolute Gasteiger partial charge is 0.361 e. The summed E-state index contributed by atoms with van der Waals surface area (Å²) in [4.78, 5) is 9.14. The molecule has 0 amide bonds. The number of hydrogen-bond acceptors (Lipinski definition) is 5. The fourth-order valence-corrected chi connectivity index (χ4v) is 4.15. The smallest absolute Gasteiger partial charge is 0.162 e. The molecule has 0 bridgehead atoms. The quantitative estimate of drug-likeness (QED) is 0.426. The van der Waals surface area contributed by atoms with Crippen molar-refractivity contribution in [2.45, 2.75) is 32.7 Å². The molecular formula is C18H17Cl2N5S. The molecule has 0 aliphatic heterocycles. The Kier molecular flexibility index (Phi) is 4.50. The molecule has 0 radical (unpaired) electrons.